The number of unbranched alkanes of at least 4 members (excludes halogenated alkanes) is 6. The molecule has 0 saturated heterocycles. The Labute approximate surface area is 240 Å². The summed E-state index contributed by atoms with van der Waals surface area (Å²) in [6.07, 6.45) is 7.56. The van der Waals surface area contributed by atoms with Crippen LogP contribution in [0.15, 0.2) is 18.2 Å². The molecule has 8 heteroatoms. The highest BCUT2D eigenvalue weighted by molar-refractivity contribution is 7.99. The minimum atomic E-state index is -5.44. The van der Waals surface area contributed by atoms with Gasteiger partial charge in [0.15, 0.2) is 0 Å². The Morgan fingerprint density at radius 3 is 2.30 bits per heavy atom. The third kappa shape index (κ3) is 7.30. The van der Waals surface area contributed by atoms with E-state index in [1.54, 1.807) is 0 Å². The third-order valence-corrected chi connectivity index (χ3v) is 11.5. The van der Waals surface area contributed by atoms with Crippen molar-refractivity contribution >= 4 is 11.8 Å². The Morgan fingerprint density at radius 2 is 1.57 bits per heavy atom. The highest BCUT2D eigenvalue weighted by Crippen LogP contribution is 2.62. The Hall–Kier alpha value is -1.02. The fourth-order valence-electron chi connectivity index (χ4n) is 8.17. The van der Waals surface area contributed by atoms with E-state index in [4.69, 9.17) is 0 Å². The summed E-state index contributed by atoms with van der Waals surface area (Å²) in [6.45, 7) is 2.32. The molecule has 3 aliphatic rings. The first-order valence-corrected chi connectivity index (χ1v) is 16.6. The van der Waals surface area contributed by atoms with Crippen molar-refractivity contribution in [2.75, 3.05) is 11.5 Å². The van der Waals surface area contributed by atoms with Crippen molar-refractivity contribution in [3.63, 3.8) is 0 Å². The van der Waals surface area contributed by atoms with Gasteiger partial charge in [-0.2, -0.15) is 33.7 Å². The van der Waals surface area contributed by atoms with Crippen molar-refractivity contribution in [1.82, 2.24) is 0 Å². The molecule has 1 aromatic rings. The first-order chi connectivity index (χ1) is 18.9. The predicted molar refractivity (Wildman–Crippen MR) is 152 cm³/mol. The summed E-state index contributed by atoms with van der Waals surface area (Å²) in [5.41, 5.74) is 2.79. The maximum absolute atomic E-state index is 12.9. The monoisotopic (exact) mass is 590 g/mol. The molecule has 0 amide bonds. The summed E-state index contributed by atoms with van der Waals surface area (Å²) in [5.74, 6) is -0.730. The van der Waals surface area contributed by atoms with Crippen LogP contribution in [0.1, 0.15) is 114 Å². The van der Waals surface area contributed by atoms with Gasteiger partial charge in [0.1, 0.15) is 5.75 Å². The van der Waals surface area contributed by atoms with Crippen LogP contribution in [0.3, 0.4) is 0 Å². The van der Waals surface area contributed by atoms with Crippen LogP contribution in [0.25, 0.3) is 0 Å². The molecule has 2 nitrogen and oxygen atoms in total. The molecule has 0 aromatic heterocycles. The average molecular weight is 591 g/mol. The van der Waals surface area contributed by atoms with Gasteiger partial charge >= 0.3 is 12.1 Å². The van der Waals surface area contributed by atoms with Crippen LogP contribution in [0.4, 0.5) is 22.0 Å². The maximum atomic E-state index is 12.9. The molecular formula is C32H47F5O2S. The van der Waals surface area contributed by atoms with E-state index < -0.39 is 18.5 Å². The Bertz CT molecular complexity index is 954. The van der Waals surface area contributed by atoms with E-state index in [1.807, 2.05) is 12.1 Å². The number of phenols is 1. The third-order valence-electron chi connectivity index (χ3n) is 10.4. The molecule has 4 rings (SSSR count). The fraction of sp³-hybridized carbons (Fsp3) is 0.812. The number of fused-ring (bicyclic) bond motifs is 5. The normalized spacial score (nSPS) is 30.1. The van der Waals surface area contributed by atoms with E-state index in [-0.39, 0.29) is 17.9 Å². The molecule has 2 N–H and O–H groups in total. The van der Waals surface area contributed by atoms with Crippen molar-refractivity contribution in [2.45, 2.75) is 127 Å². The molecule has 0 spiro atoms. The predicted octanol–water partition coefficient (Wildman–Crippen LogP) is 9.67. The molecule has 3 aliphatic carbocycles. The number of aliphatic hydroxyl groups excluding tert-OH is 1. The summed E-state index contributed by atoms with van der Waals surface area (Å²) in [6, 6.07) is 5.97. The Kier molecular flexibility index (Phi) is 10.8. The highest BCUT2D eigenvalue weighted by atomic mass is 32.2. The van der Waals surface area contributed by atoms with Crippen LogP contribution in [-0.4, -0.2) is 39.9 Å². The fourth-order valence-corrected chi connectivity index (χ4v) is 9.13. The molecule has 2 saturated carbocycles. The lowest BCUT2D eigenvalue weighted by atomic mass is 9.52. The molecule has 0 radical (unpaired) electrons. The molecule has 2 fully saturated rings. The number of hydrogen-bond acceptors (Lipinski definition) is 3. The Balaban J connectivity index is 1.13. The summed E-state index contributed by atoms with van der Waals surface area (Å²) in [7, 11) is 0. The van der Waals surface area contributed by atoms with E-state index in [9.17, 15) is 32.2 Å². The smallest absolute Gasteiger partial charge is 0.453 e. The number of aliphatic hydroxyl groups is 1. The van der Waals surface area contributed by atoms with E-state index in [2.05, 4.69) is 13.0 Å². The van der Waals surface area contributed by atoms with Crippen LogP contribution in [0.5, 0.6) is 5.75 Å². The summed E-state index contributed by atoms with van der Waals surface area (Å²) >= 11 is 1.47. The maximum Gasteiger partial charge on any atom is 0.453 e. The van der Waals surface area contributed by atoms with Crippen LogP contribution in [-0.2, 0) is 6.42 Å². The van der Waals surface area contributed by atoms with Gasteiger partial charge in [-0.3, -0.25) is 0 Å². The van der Waals surface area contributed by atoms with E-state index in [0.29, 0.717) is 35.2 Å². The zero-order valence-corrected chi connectivity index (χ0v) is 24.6. The first kappa shape index (κ1) is 31.9. The second kappa shape index (κ2) is 13.5. The second-order valence-corrected chi connectivity index (χ2v) is 14.2. The lowest BCUT2D eigenvalue weighted by Crippen LogP contribution is -2.47. The van der Waals surface area contributed by atoms with Crippen LogP contribution >= 0.6 is 11.8 Å². The van der Waals surface area contributed by atoms with Crippen LogP contribution in [0, 0.1) is 23.2 Å². The number of hydrogen-bond donors (Lipinski definition) is 2. The number of thioether (sulfide) groups is 1. The van der Waals surface area contributed by atoms with Gasteiger partial charge in [0, 0.05) is 6.42 Å². The van der Waals surface area contributed by atoms with Gasteiger partial charge < -0.3 is 10.2 Å². The first-order valence-electron chi connectivity index (χ1n) is 15.5. The molecular weight excluding hydrogens is 543 g/mol. The van der Waals surface area contributed by atoms with Crippen molar-refractivity contribution in [3.05, 3.63) is 29.3 Å². The number of phenolic OH excluding ortho intramolecular Hbond substituents is 1. The number of alkyl halides is 5. The number of aromatic hydroxyl groups is 1. The minimum absolute atomic E-state index is 0.0419. The van der Waals surface area contributed by atoms with Crippen molar-refractivity contribution in [2.24, 2.45) is 23.2 Å². The molecule has 4 unspecified atom stereocenters. The topological polar surface area (TPSA) is 40.5 Å². The van der Waals surface area contributed by atoms with E-state index in [0.717, 1.165) is 57.1 Å². The lowest BCUT2D eigenvalue weighted by molar-refractivity contribution is -0.284. The Morgan fingerprint density at radius 1 is 0.900 bits per heavy atom. The summed E-state index contributed by atoms with van der Waals surface area (Å²) < 4.78 is 62.4. The van der Waals surface area contributed by atoms with Crippen LogP contribution in [0.2, 0.25) is 0 Å². The largest absolute Gasteiger partial charge is 0.508 e. The van der Waals surface area contributed by atoms with Crippen molar-refractivity contribution in [1.29, 1.82) is 0 Å². The summed E-state index contributed by atoms with van der Waals surface area (Å²) in [5, 5.41) is 21.0. The van der Waals surface area contributed by atoms with Crippen LogP contribution < -0.4 is 0 Å². The standard InChI is InChI=1S/C32H47F5O2S/c1-30-17-15-26-25-12-11-24(38)21-23(25)20-22(29(26)27(30)13-14-28(30)39)10-7-5-3-2-4-6-8-18-40-19-9-16-31(33,34)32(35,36)37/h11-12,21-22,26-29,38-39H,2-10,13-20H2,1H3/t22?,26?,27?,28-,29?,30-/m0/s1. The molecule has 0 aliphatic heterocycles. The van der Waals surface area contributed by atoms with Gasteiger partial charge in [0.2, 0.25) is 0 Å². The van der Waals surface area contributed by atoms with Gasteiger partial charge in [-0.05, 0) is 115 Å². The quantitative estimate of drug-likeness (QED) is 0.167. The van der Waals surface area contributed by atoms with E-state index >= 15 is 0 Å². The number of rotatable bonds is 14. The molecule has 1 aromatic carbocycles. The number of halogens is 5. The van der Waals surface area contributed by atoms with Gasteiger partial charge in [0.05, 0.1) is 6.10 Å². The minimum Gasteiger partial charge on any atom is -0.508 e. The van der Waals surface area contributed by atoms with E-state index in [1.165, 1.54) is 55.0 Å². The summed E-state index contributed by atoms with van der Waals surface area (Å²) in [4.78, 5) is 0. The zero-order valence-electron chi connectivity index (χ0n) is 23.8. The SMILES string of the molecule is C[C@]12CCC3c4ccc(O)cc4CC(CCCCCCCCCSCCCC(F)(F)C(F)(F)F)C3C1CC[C@@H]2O. The van der Waals surface area contributed by atoms with Gasteiger partial charge in [-0.25, -0.2) is 0 Å². The van der Waals surface area contributed by atoms with Gasteiger partial charge in [-0.1, -0.05) is 51.5 Å². The van der Waals surface area contributed by atoms with Crippen molar-refractivity contribution < 1.29 is 32.2 Å². The van der Waals surface area contributed by atoms with Crippen molar-refractivity contribution in [3.8, 4) is 5.75 Å². The van der Waals surface area contributed by atoms with Gasteiger partial charge in [0.25, 0.3) is 0 Å². The molecule has 40 heavy (non-hydrogen) atoms. The molecule has 0 bridgehead atoms. The molecule has 228 valence electrons. The molecule has 0 heterocycles. The lowest BCUT2D eigenvalue weighted by Gasteiger charge is -2.53. The highest BCUT2D eigenvalue weighted by Gasteiger charge is 2.57. The molecule has 6 atom stereocenters. The zero-order chi connectivity index (χ0) is 29.0. The van der Waals surface area contributed by atoms with Gasteiger partial charge in [-0.15, -0.1) is 0 Å². The number of benzene rings is 1. The second-order valence-electron chi connectivity index (χ2n) is 13.0. The average Bonchev–Trinajstić information content (AvgIpc) is 3.19.